The molecule has 1 aromatic carbocycles. The van der Waals surface area contributed by atoms with E-state index in [1.807, 2.05) is 45.9 Å². The molecule has 0 saturated carbocycles. The number of benzene rings is 1. The predicted octanol–water partition coefficient (Wildman–Crippen LogP) is 2.24. The minimum Gasteiger partial charge on any atom is -0.493 e. The first kappa shape index (κ1) is 20.6. The molecule has 0 atom stereocenters. The van der Waals surface area contributed by atoms with Crippen LogP contribution in [0.5, 0.6) is 11.5 Å². The van der Waals surface area contributed by atoms with E-state index in [1.165, 1.54) is 0 Å². The van der Waals surface area contributed by atoms with E-state index in [1.54, 1.807) is 14.2 Å². The number of hydrogen-bond donors (Lipinski definition) is 3. The normalized spacial score (nSPS) is 11.7. The quantitative estimate of drug-likeness (QED) is 0.399. The van der Waals surface area contributed by atoms with Gasteiger partial charge < -0.3 is 25.4 Å². The second-order valence-electron chi connectivity index (χ2n) is 6.46. The van der Waals surface area contributed by atoms with Crippen molar-refractivity contribution in [3.05, 3.63) is 18.2 Å². The molecule has 1 amide bonds. The van der Waals surface area contributed by atoms with E-state index >= 15 is 0 Å². The van der Waals surface area contributed by atoms with Gasteiger partial charge in [0.05, 0.1) is 20.8 Å². The molecule has 0 fully saturated rings. The van der Waals surface area contributed by atoms with Gasteiger partial charge in [0.2, 0.25) is 5.91 Å². The Balaban J connectivity index is 2.69. The lowest BCUT2D eigenvalue weighted by Gasteiger charge is -2.17. The topological polar surface area (TPSA) is 84.0 Å². The minimum atomic E-state index is -0.397. The van der Waals surface area contributed by atoms with Crippen molar-refractivity contribution in [3.8, 4) is 11.5 Å². The number of methoxy groups -OCH3 is 2. The summed E-state index contributed by atoms with van der Waals surface area (Å²) in [5, 5.41) is 9.26. The van der Waals surface area contributed by atoms with Gasteiger partial charge in [-0.3, -0.25) is 9.79 Å². The van der Waals surface area contributed by atoms with Gasteiger partial charge in [-0.15, -0.1) is 0 Å². The van der Waals surface area contributed by atoms with Crippen molar-refractivity contribution in [2.75, 3.05) is 39.2 Å². The number of amides is 1. The number of hydrogen-bond acceptors (Lipinski definition) is 4. The van der Waals surface area contributed by atoms with E-state index in [2.05, 4.69) is 20.9 Å². The number of nitrogens with one attached hydrogen (secondary N) is 3. The summed E-state index contributed by atoms with van der Waals surface area (Å²) >= 11 is 0. The molecule has 7 nitrogen and oxygen atoms in total. The Kier molecular flexibility index (Phi) is 8.04. The lowest BCUT2D eigenvalue weighted by atomic mass is 9.96. The summed E-state index contributed by atoms with van der Waals surface area (Å²) in [6.45, 7) is 9.33. The van der Waals surface area contributed by atoms with Crippen LogP contribution in [-0.2, 0) is 4.79 Å². The summed E-state index contributed by atoms with van der Waals surface area (Å²) in [5.74, 6) is 1.96. The zero-order chi connectivity index (χ0) is 18.9. The van der Waals surface area contributed by atoms with Gasteiger partial charge in [-0.2, -0.15) is 0 Å². The third-order valence-corrected chi connectivity index (χ3v) is 3.34. The van der Waals surface area contributed by atoms with Gasteiger partial charge in [0, 0.05) is 30.3 Å². The number of carbonyl (C=O) groups excluding carboxylic acids is 1. The van der Waals surface area contributed by atoms with E-state index in [9.17, 15) is 4.79 Å². The smallest absolute Gasteiger partial charge is 0.225 e. The highest BCUT2D eigenvalue weighted by molar-refractivity contribution is 5.94. The molecule has 0 radical (unpaired) electrons. The average Bonchev–Trinajstić information content (AvgIpc) is 2.57. The van der Waals surface area contributed by atoms with Crippen molar-refractivity contribution in [2.24, 2.45) is 10.4 Å². The van der Waals surface area contributed by atoms with Crippen molar-refractivity contribution in [1.82, 2.24) is 10.6 Å². The molecule has 0 aliphatic rings. The Hall–Kier alpha value is -2.44. The Labute approximate surface area is 150 Å². The van der Waals surface area contributed by atoms with Crippen molar-refractivity contribution in [2.45, 2.75) is 27.7 Å². The number of nitrogens with zero attached hydrogens (tertiary/aromatic N) is 1. The fourth-order valence-corrected chi connectivity index (χ4v) is 1.96. The van der Waals surface area contributed by atoms with Crippen LogP contribution >= 0.6 is 0 Å². The molecule has 140 valence electrons. The number of aliphatic imine (C=N–C) groups is 1. The largest absolute Gasteiger partial charge is 0.493 e. The highest BCUT2D eigenvalue weighted by atomic mass is 16.5. The Morgan fingerprint density at radius 3 is 2.36 bits per heavy atom. The van der Waals surface area contributed by atoms with Crippen molar-refractivity contribution in [3.63, 3.8) is 0 Å². The molecule has 3 N–H and O–H groups in total. The first-order valence-corrected chi connectivity index (χ1v) is 8.37. The van der Waals surface area contributed by atoms with Crippen LogP contribution in [0.15, 0.2) is 23.2 Å². The number of carbonyl (C=O) groups is 1. The van der Waals surface area contributed by atoms with Crippen molar-refractivity contribution in [1.29, 1.82) is 0 Å². The summed E-state index contributed by atoms with van der Waals surface area (Å²) in [6, 6.07) is 5.55. The molecule has 0 unspecified atom stereocenters. The lowest BCUT2D eigenvalue weighted by molar-refractivity contribution is -0.128. The molecular weight excluding hydrogens is 320 g/mol. The summed E-state index contributed by atoms with van der Waals surface area (Å²) in [4.78, 5) is 16.3. The van der Waals surface area contributed by atoms with Gasteiger partial charge in [-0.05, 0) is 19.1 Å². The van der Waals surface area contributed by atoms with Crippen LogP contribution in [0.3, 0.4) is 0 Å². The van der Waals surface area contributed by atoms with E-state index in [0.717, 1.165) is 12.2 Å². The molecule has 25 heavy (non-hydrogen) atoms. The fraction of sp³-hybridized carbons (Fsp3) is 0.556. The van der Waals surface area contributed by atoms with Crippen molar-refractivity contribution < 1.29 is 14.3 Å². The second kappa shape index (κ2) is 9.76. The third kappa shape index (κ3) is 6.91. The molecule has 0 aromatic heterocycles. The van der Waals surface area contributed by atoms with Crippen LogP contribution < -0.4 is 25.4 Å². The van der Waals surface area contributed by atoms with Gasteiger partial charge in [0.1, 0.15) is 0 Å². The summed E-state index contributed by atoms with van der Waals surface area (Å²) < 4.78 is 10.5. The zero-order valence-corrected chi connectivity index (χ0v) is 16.0. The SMILES string of the molecule is CCNC(=NCCNC(=O)C(C)(C)C)Nc1ccc(OC)c(OC)c1. The second-order valence-corrected chi connectivity index (χ2v) is 6.46. The average molecular weight is 350 g/mol. The number of rotatable bonds is 7. The maximum Gasteiger partial charge on any atom is 0.225 e. The zero-order valence-electron chi connectivity index (χ0n) is 16.0. The monoisotopic (exact) mass is 350 g/mol. The summed E-state index contributed by atoms with van der Waals surface area (Å²) in [6.07, 6.45) is 0. The molecule has 1 aromatic rings. The van der Waals surface area contributed by atoms with Gasteiger partial charge in [0.15, 0.2) is 17.5 Å². The van der Waals surface area contributed by atoms with Crippen LogP contribution in [0.4, 0.5) is 5.69 Å². The van der Waals surface area contributed by atoms with Crippen LogP contribution in [0.25, 0.3) is 0 Å². The van der Waals surface area contributed by atoms with E-state index in [4.69, 9.17) is 9.47 Å². The van der Waals surface area contributed by atoms with Crippen LogP contribution in [0.1, 0.15) is 27.7 Å². The molecule has 0 saturated heterocycles. The number of guanidine groups is 1. The van der Waals surface area contributed by atoms with Gasteiger partial charge in [-0.1, -0.05) is 20.8 Å². The Morgan fingerprint density at radius 2 is 1.80 bits per heavy atom. The Morgan fingerprint density at radius 1 is 1.12 bits per heavy atom. The maximum absolute atomic E-state index is 11.8. The fourth-order valence-electron chi connectivity index (χ4n) is 1.96. The summed E-state index contributed by atoms with van der Waals surface area (Å²) in [5.41, 5.74) is 0.433. The molecule has 0 bridgehead atoms. The van der Waals surface area contributed by atoms with Crippen LogP contribution in [-0.4, -0.2) is 45.7 Å². The van der Waals surface area contributed by atoms with E-state index in [0.29, 0.717) is 30.5 Å². The van der Waals surface area contributed by atoms with Gasteiger partial charge in [0.25, 0.3) is 0 Å². The lowest BCUT2D eigenvalue weighted by Crippen LogP contribution is -2.37. The third-order valence-electron chi connectivity index (χ3n) is 3.34. The highest BCUT2D eigenvalue weighted by Crippen LogP contribution is 2.29. The molecule has 0 aliphatic heterocycles. The molecule has 0 heterocycles. The molecular formula is C18H30N4O3. The molecule has 0 aliphatic carbocycles. The van der Waals surface area contributed by atoms with Gasteiger partial charge in [-0.25, -0.2) is 0 Å². The van der Waals surface area contributed by atoms with E-state index < -0.39 is 5.41 Å². The highest BCUT2D eigenvalue weighted by Gasteiger charge is 2.20. The molecule has 1 rings (SSSR count). The van der Waals surface area contributed by atoms with Gasteiger partial charge >= 0.3 is 0 Å². The Bertz CT molecular complexity index is 594. The predicted molar refractivity (Wildman–Crippen MR) is 102 cm³/mol. The first-order chi connectivity index (χ1) is 11.8. The standard InChI is InChI=1S/C18H30N4O3/c1-7-19-17(21-11-10-20-16(23)18(2,3)4)22-13-8-9-14(24-5)15(12-13)25-6/h8-9,12H,7,10-11H2,1-6H3,(H,20,23)(H2,19,21,22). The van der Waals surface area contributed by atoms with E-state index in [-0.39, 0.29) is 5.91 Å². The van der Waals surface area contributed by atoms with Crippen molar-refractivity contribution >= 4 is 17.6 Å². The number of ether oxygens (including phenoxy) is 2. The molecule has 0 spiro atoms. The summed E-state index contributed by atoms with van der Waals surface area (Å²) in [7, 11) is 3.20. The maximum atomic E-state index is 11.8. The minimum absolute atomic E-state index is 0.0144. The first-order valence-electron chi connectivity index (χ1n) is 8.37. The number of anilines is 1. The van der Waals surface area contributed by atoms with Crippen LogP contribution in [0, 0.1) is 5.41 Å². The van der Waals surface area contributed by atoms with Crippen LogP contribution in [0.2, 0.25) is 0 Å². The molecule has 7 heteroatoms.